The molecule has 0 saturated heterocycles. The molecule has 1 aliphatic rings. The molecule has 1 fully saturated rings. The van der Waals surface area contributed by atoms with Gasteiger partial charge in [0, 0.05) is 47.3 Å². The molecule has 25 heavy (non-hydrogen) atoms. The summed E-state index contributed by atoms with van der Waals surface area (Å²) in [7, 11) is 2.01. The first-order valence-electron chi connectivity index (χ1n) is 8.19. The fourth-order valence-corrected chi connectivity index (χ4v) is 3.11. The summed E-state index contributed by atoms with van der Waals surface area (Å²) >= 11 is 5.05. The van der Waals surface area contributed by atoms with Gasteiger partial charge in [0.05, 0.1) is 5.52 Å². The Morgan fingerprint density at radius 2 is 1.96 bits per heavy atom. The predicted molar refractivity (Wildman–Crippen MR) is 102 cm³/mol. The summed E-state index contributed by atoms with van der Waals surface area (Å²) in [5.74, 6) is 5.25. The van der Waals surface area contributed by atoms with Crippen molar-refractivity contribution < 1.29 is 21.9 Å². The number of fused-ring (bicyclic) bond motifs is 1. The van der Waals surface area contributed by atoms with Crippen molar-refractivity contribution >= 4 is 34.5 Å². The Morgan fingerprint density at radius 3 is 2.60 bits per heavy atom. The zero-order chi connectivity index (χ0) is 17.4. The molecule has 2 aromatic rings. The largest absolute Gasteiger partial charge is 0.348 e. The van der Waals surface area contributed by atoms with Crippen molar-refractivity contribution in [1.29, 1.82) is 0 Å². The van der Waals surface area contributed by atoms with Crippen LogP contribution in [0.25, 0.3) is 10.9 Å². The first-order chi connectivity index (χ1) is 11.7. The molecule has 7 heteroatoms. The number of pyridine rings is 1. The number of benzene rings is 1. The molecule has 0 spiro atoms. The maximum atomic E-state index is 10.6. The van der Waals surface area contributed by atoms with Crippen LogP contribution >= 0.6 is 12.2 Å². The summed E-state index contributed by atoms with van der Waals surface area (Å²) in [6.45, 7) is 0. The number of hydrogen-bond acceptors (Lipinski definition) is 4. The Bertz CT molecular complexity index is 686. The van der Waals surface area contributed by atoms with Crippen molar-refractivity contribution in [2.45, 2.75) is 38.1 Å². The second kappa shape index (κ2) is 11.2. The van der Waals surface area contributed by atoms with Gasteiger partial charge in [0.15, 0.2) is 11.4 Å². The number of nitrogens with two attached hydrogens (primary N) is 1. The first-order valence-corrected chi connectivity index (χ1v) is 8.60. The normalized spacial score (nSPS) is 13.8. The quantitative estimate of drug-likeness (QED) is 0.262. The van der Waals surface area contributed by atoms with Crippen LogP contribution in [-0.4, -0.2) is 34.4 Å². The van der Waals surface area contributed by atoms with E-state index in [2.05, 4.69) is 15.3 Å². The minimum Gasteiger partial charge on any atom is -0.348 e. The Kier molecular flexibility index (Phi) is 9.60. The molecule has 0 unspecified atom stereocenters. The molecule has 3 N–H and O–H groups in total. The molecule has 1 aromatic carbocycles. The van der Waals surface area contributed by atoms with E-state index in [0.717, 1.165) is 17.2 Å². The molecule has 5 nitrogen and oxygen atoms in total. The predicted octanol–water partition coefficient (Wildman–Crippen LogP) is 3.04. The zero-order valence-corrected chi connectivity index (χ0v) is 16.0. The number of nitrogens with one attached hydrogen (secondary N) is 1. The number of aromatic nitrogens is 1. The summed E-state index contributed by atoms with van der Waals surface area (Å²) in [4.78, 5) is 16.8. The molecule has 1 saturated carbocycles. The Morgan fingerprint density at radius 1 is 1.28 bits per heavy atom. The maximum absolute atomic E-state index is 10.6. The number of hydrogen-bond donors (Lipinski definition) is 2. The minimum atomic E-state index is 0. The third-order valence-electron chi connectivity index (χ3n) is 4.36. The van der Waals surface area contributed by atoms with Crippen molar-refractivity contribution in [2.75, 3.05) is 7.05 Å². The van der Waals surface area contributed by atoms with Crippen molar-refractivity contribution in [3.63, 3.8) is 0 Å². The van der Waals surface area contributed by atoms with Crippen LogP contribution in [0.4, 0.5) is 0 Å². The van der Waals surface area contributed by atoms with E-state index in [1.807, 2.05) is 31.3 Å². The third-order valence-corrected chi connectivity index (χ3v) is 4.76. The molecule has 0 amide bonds. The molecule has 1 aromatic heterocycles. The first kappa shape index (κ1) is 21.5. The van der Waals surface area contributed by atoms with E-state index in [4.69, 9.17) is 18.1 Å². The molecule has 139 valence electrons. The van der Waals surface area contributed by atoms with Gasteiger partial charge in [0.1, 0.15) is 0 Å². The Balaban J connectivity index is 0.000000240. The second-order valence-corrected chi connectivity index (χ2v) is 6.28. The number of para-hydroxylation sites is 1. The van der Waals surface area contributed by atoms with Gasteiger partial charge in [-0.15, -0.1) is 0 Å². The van der Waals surface area contributed by atoms with E-state index in [1.54, 1.807) is 12.3 Å². The van der Waals surface area contributed by atoms with Gasteiger partial charge in [-0.05, 0) is 37.2 Å². The average molecular weight is 408 g/mol. The van der Waals surface area contributed by atoms with Gasteiger partial charge >= 0.3 is 0 Å². The minimum absolute atomic E-state index is 0. The van der Waals surface area contributed by atoms with Crippen molar-refractivity contribution in [1.82, 2.24) is 15.3 Å². The summed E-state index contributed by atoms with van der Waals surface area (Å²) in [6, 6.07) is 9.96. The van der Waals surface area contributed by atoms with Crippen LogP contribution in [0.15, 0.2) is 36.5 Å². The van der Waals surface area contributed by atoms with E-state index in [9.17, 15) is 4.79 Å². The molecule has 1 radical (unpaired) electrons. The average Bonchev–Trinajstić information content (AvgIpc) is 2.67. The van der Waals surface area contributed by atoms with E-state index < -0.39 is 0 Å². The van der Waals surface area contributed by atoms with Crippen molar-refractivity contribution in [3.8, 4) is 0 Å². The van der Waals surface area contributed by atoms with Gasteiger partial charge in [-0.3, -0.25) is 9.78 Å². The van der Waals surface area contributed by atoms with Crippen LogP contribution in [0, 0.1) is 0 Å². The number of hydrazine groups is 1. The van der Waals surface area contributed by atoms with Crippen LogP contribution in [0.2, 0.25) is 0 Å². The van der Waals surface area contributed by atoms with Gasteiger partial charge in [0.2, 0.25) is 0 Å². The molecule has 3 rings (SSSR count). The summed E-state index contributed by atoms with van der Waals surface area (Å²) in [5.41, 5.74) is 3.94. The van der Waals surface area contributed by atoms with Gasteiger partial charge < -0.3 is 10.3 Å². The summed E-state index contributed by atoms with van der Waals surface area (Å²) in [5, 5.41) is 1.66. The Hall–Kier alpha value is -1.53. The molecule has 1 aliphatic carbocycles. The Labute approximate surface area is 164 Å². The number of thiocarbonyl (C=S) groups is 1. The van der Waals surface area contributed by atoms with Crippen LogP contribution in [-0.2, 0) is 17.1 Å². The topological polar surface area (TPSA) is 71.2 Å². The fourth-order valence-electron chi connectivity index (χ4n) is 2.96. The second-order valence-electron chi connectivity index (χ2n) is 5.89. The number of carbonyl (C=O) groups excluding carboxylic acids is 1. The molecule has 0 bridgehead atoms. The molecule has 1 heterocycles. The van der Waals surface area contributed by atoms with Crippen LogP contribution in [0.3, 0.4) is 0 Å². The van der Waals surface area contributed by atoms with Crippen LogP contribution in [0.1, 0.15) is 42.5 Å². The number of nitrogens with zero attached hydrogens (tertiary/aromatic N) is 2. The zero-order valence-electron chi connectivity index (χ0n) is 14.2. The SMILES string of the molecule is CN(C(=S)NN)C1CCCCC1.O=Cc1cccc2cccnc12.[Cu]. The van der Waals surface area contributed by atoms with E-state index in [0.29, 0.717) is 16.7 Å². The van der Waals surface area contributed by atoms with Crippen LogP contribution < -0.4 is 11.3 Å². The number of rotatable bonds is 2. The summed E-state index contributed by atoms with van der Waals surface area (Å²) < 4.78 is 0. The number of carbonyl (C=O) groups is 1. The smallest absolute Gasteiger partial charge is 0.183 e. The molecule has 0 atom stereocenters. The van der Waals surface area contributed by atoms with E-state index in [-0.39, 0.29) is 17.1 Å². The van der Waals surface area contributed by atoms with Gasteiger partial charge in [-0.1, -0.05) is 37.5 Å². The number of aldehydes is 1. The van der Waals surface area contributed by atoms with Crippen molar-refractivity contribution in [3.05, 3.63) is 42.1 Å². The van der Waals surface area contributed by atoms with Crippen LogP contribution in [0.5, 0.6) is 0 Å². The monoisotopic (exact) mass is 407 g/mol. The maximum Gasteiger partial charge on any atom is 0.183 e. The molecule has 0 aliphatic heterocycles. The standard InChI is InChI=1S/C10H7NO.C8H17N3S.Cu/c12-7-9-4-1-3-8-5-2-6-11-10(8)9;1-11(8(12)10-9)7-5-3-2-4-6-7;/h1-7H;7H,2-6,9H2,1H3,(H,10,12);. The van der Waals surface area contributed by atoms with E-state index in [1.165, 1.54) is 32.1 Å². The summed E-state index contributed by atoms with van der Waals surface area (Å²) in [6.07, 6.45) is 9.03. The molecular formula is C18H24CuN4OS. The van der Waals surface area contributed by atoms with Gasteiger partial charge in [-0.2, -0.15) is 0 Å². The van der Waals surface area contributed by atoms with Crippen molar-refractivity contribution in [2.24, 2.45) is 5.84 Å². The third kappa shape index (κ3) is 6.04. The van der Waals surface area contributed by atoms with Gasteiger partial charge in [0.25, 0.3) is 0 Å². The fraction of sp³-hybridized carbons (Fsp3) is 0.389. The van der Waals surface area contributed by atoms with Gasteiger partial charge in [-0.25, -0.2) is 5.84 Å². The molecular weight excluding hydrogens is 384 g/mol. The van der Waals surface area contributed by atoms with E-state index >= 15 is 0 Å².